The van der Waals surface area contributed by atoms with Crippen LogP contribution in [0.4, 0.5) is 5.69 Å². The van der Waals surface area contributed by atoms with Crippen molar-refractivity contribution in [3.63, 3.8) is 0 Å². The molecule has 1 atom stereocenters. The number of rotatable bonds is 5. The molecule has 0 aliphatic heterocycles. The predicted molar refractivity (Wildman–Crippen MR) is 69.4 cm³/mol. The molecule has 0 aliphatic carbocycles. The number of aryl methyl sites for hydroxylation is 1. The molecule has 0 saturated heterocycles. The lowest BCUT2D eigenvalue weighted by Crippen LogP contribution is -2.51. The van der Waals surface area contributed by atoms with Gasteiger partial charge in [-0.3, -0.25) is 19.9 Å². The number of nitro groups is 1. The van der Waals surface area contributed by atoms with Gasteiger partial charge in [-0.15, -0.1) is 0 Å². The molecular formula is C12H15N3O5. The zero-order valence-corrected chi connectivity index (χ0v) is 11.3. The Morgan fingerprint density at radius 1 is 1.55 bits per heavy atom. The molecule has 1 amide bonds. The molecule has 8 nitrogen and oxygen atoms in total. The van der Waals surface area contributed by atoms with Crippen LogP contribution in [0.3, 0.4) is 0 Å². The number of amides is 1. The molecule has 1 heterocycles. The smallest absolute Gasteiger partial charge is 0.329 e. The molecule has 2 N–H and O–H groups in total. The van der Waals surface area contributed by atoms with Gasteiger partial charge in [-0.1, -0.05) is 6.92 Å². The fraction of sp³-hybridized carbons (Fsp3) is 0.417. The average molecular weight is 281 g/mol. The van der Waals surface area contributed by atoms with Crippen molar-refractivity contribution in [3.05, 3.63) is 33.6 Å². The van der Waals surface area contributed by atoms with Crippen molar-refractivity contribution in [3.8, 4) is 0 Å². The fourth-order valence-electron chi connectivity index (χ4n) is 1.46. The van der Waals surface area contributed by atoms with Gasteiger partial charge in [0, 0.05) is 6.07 Å². The first kappa shape index (κ1) is 15.5. The van der Waals surface area contributed by atoms with Crippen LogP contribution in [0.2, 0.25) is 0 Å². The Balaban J connectivity index is 3.12. The maximum Gasteiger partial charge on any atom is 0.329 e. The molecule has 0 bridgehead atoms. The quantitative estimate of drug-likeness (QED) is 0.619. The van der Waals surface area contributed by atoms with E-state index in [2.05, 4.69) is 10.3 Å². The van der Waals surface area contributed by atoms with E-state index in [1.807, 2.05) is 0 Å². The van der Waals surface area contributed by atoms with Crippen LogP contribution in [0.15, 0.2) is 12.3 Å². The molecule has 1 aromatic rings. The minimum atomic E-state index is -1.44. The van der Waals surface area contributed by atoms with Crippen LogP contribution >= 0.6 is 0 Å². The zero-order chi connectivity index (χ0) is 15.5. The summed E-state index contributed by atoms with van der Waals surface area (Å²) < 4.78 is 0. The van der Waals surface area contributed by atoms with E-state index >= 15 is 0 Å². The summed E-state index contributed by atoms with van der Waals surface area (Å²) in [6.07, 6.45) is 1.22. The highest BCUT2D eigenvalue weighted by Crippen LogP contribution is 2.17. The lowest BCUT2D eigenvalue weighted by molar-refractivity contribution is -0.385. The number of hydrogen-bond donors (Lipinski definition) is 2. The van der Waals surface area contributed by atoms with E-state index in [9.17, 15) is 19.7 Å². The van der Waals surface area contributed by atoms with Crippen LogP contribution in [0.1, 0.15) is 36.3 Å². The number of pyridine rings is 1. The minimum Gasteiger partial charge on any atom is -0.480 e. The second kappa shape index (κ2) is 5.64. The summed E-state index contributed by atoms with van der Waals surface area (Å²) in [5.41, 5.74) is -1.49. The lowest BCUT2D eigenvalue weighted by Gasteiger charge is -2.24. The number of aromatic nitrogens is 1. The van der Waals surface area contributed by atoms with Crippen LogP contribution in [0.5, 0.6) is 0 Å². The second-order valence-electron chi connectivity index (χ2n) is 4.53. The van der Waals surface area contributed by atoms with Crippen molar-refractivity contribution in [2.45, 2.75) is 32.7 Å². The Morgan fingerprint density at radius 2 is 2.15 bits per heavy atom. The highest BCUT2D eigenvalue weighted by Gasteiger charge is 2.33. The third kappa shape index (κ3) is 3.08. The molecule has 1 rings (SSSR count). The summed E-state index contributed by atoms with van der Waals surface area (Å²) in [4.78, 5) is 37.0. The van der Waals surface area contributed by atoms with Crippen LogP contribution in [0.25, 0.3) is 0 Å². The van der Waals surface area contributed by atoms with E-state index in [-0.39, 0.29) is 23.4 Å². The Bertz CT molecular complexity index is 572. The molecule has 108 valence electrons. The number of hydrogen-bond acceptors (Lipinski definition) is 5. The Hall–Kier alpha value is -2.51. The van der Waals surface area contributed by atoms with Crippen LogP contribution in [0, 0.1) is 17.0 Å². The largest absolute Gasteiger partial charge is 0.480 e. The van der Waals surface area contributed by atoms with Gasteiger partial charge in [-0.2, -0.15) is 0 Å². The molecule has 1 aromatic heterocycles. The van der Waals surface area contributed by atoms with Gasteiger partial charge < -0.3 is 10.4 Å². The molecule has 0 aliphatic rings. The number of carbonyl (C=O) groups is 2. The van der Waals surface area contributed by atoms with Crippen molar-refractivity contribution in [2.24, 2.45) is 0 Å². The highest BCUT2D eigenvalue weighted by molar-refractivity contribution is 5.98. The first-order valence-corrected chi connectivity index (χ1v) is 5.88. The number of carboxylic acid groups (broad SMARTS) is 1. The first-order valence-electron chi connectivity index (χ1n) is 5.88. The van der Waals surface area contributed by atoms with E-state index in [4.69, 9.17) is 5.11 Å². The number of carbonyl (C=O) groups excluding carboxylic acids is 1. The maximum atomic E-state index is 12.1. The minimum absolute atomic E-state index is 0.0138. The Labute approximate surface area is 115 Å². The van der Waals surface area contributed by atoms with Gasteiger partial charge in [-0.05, 0) is 20.3 Å². The SMILES string of the molecule is CCC(C)(NC(=O)c1cc([N+](=O)[O-])cnc1C)C(=O)O. The summed E-state index contributed by atoms with van der Waals surface area (Å²) in [5.74, 6) is -1.88. The van der Waals surface area contributed by atoms with E-state index in [0.29, 0.717) is 0 Å². The average Bonchev–Trinajstić information content (AvgIpc) is 2.38. The van der Waals surface area contributed by atoms with Gasteiger partial charge >= 0.3 is 5.97 Å². The number of aliphatic carboxylic acids is 1. The monoisotopic (exact) mass is 281 g/mol. The number of carboxylic acids is 1. The van der Waals surface area contributed by atoms with Crippen molar-refractivity contribution < 1.29 is 19.6 Å². The van der Waals surface area contributed by atoms with Crippen molar-refractivity contribution >= 4 is 17.6 Å². The zero-order valence-electron chi connectivity index (χ0n) is 11.3. The van der Waals surface area contributed by atoms with E-state index in [1.54, 1.807) is 6.92 Å². The Kier molecular flexibility index (Phi) is 4.38. The second-order valence-corrected chi connectivity index (χ2v) is 4.53. The predicted octanol–water partition coefficient (Wildman–Crippen LogP) is 1.28. The summed E-state index contributed by atoms with van der Waals surface area (Å²) in [6, 6.07) is 1.08. The standard InChI is InChI=1S/C12H15N3O5/c1-4-12(3,11(17)18)14-10(16)9-5-8(15(19)20)6-13-7(9)2/h5-6H,4H2,1-3H3,(H,14,16)(H,17,18). The van der Waals surface area contributed by atoms with E-state index < -0.39 is 22.3 Å². The molecule has 20 heavy (non-hydrogen) atoms. The molecule has 1 unspecified atom stereocenters. The molecule has 0 fully saturated rings. The first-order chi connectivity index (χ1) is 9.21. The maximum absolute atomic E-state index is 12.1. The van der Waals surface area contributed by atoms with Crippen LogP contribution < -0.4 is 5.32 Å². The van der Waals surface area contributed by atoms with E-state index in [0.717, 1.165) is 12.3 Å². The topological polar surface area (TPSA) is 122 Å². The van der Waals surface area contributed by atoms with Gasteiger partial charge in [-0.25, -0.2) is 4.79 Å². The van der Waals surface area contributed by atoms with Gasteiger partial charge in [0.25, 0.3) is 11.6 Å². The van der Waals surface area contributed by atoms with Crippen LogP contribution in [-0.2, 0) is 4.79 Å². The third-order valence-electron chi connectivity index (χ3n) is 3.10. The number of nitrogens with one attached hydrogen (secondary N) is 1. The number of nitrogens with zero attached hydrogens (tertiary/aromatic N) is 2. The van der Waals surface area contributed by atoms with Crippen LogP contribution in [-0.4, -0.2) is 32.4 Å². The van der Waals surface area contributed by atoms with Crippen molar-refractivity contribution in [2.75, 3.05) is 0 Å². The summed E-state index contributed by atoms with van der Waals surface area (Å²) in [7, 11) is 0. The van der Waals surface area contributed by atoms with Gasteiger partial charge in [0.2, 0.25) is 0 Å². The van der Waals surface area contributed by atoms with Crippen molar-refractivity contribution in [1.29, 1.82) is 0 Å². The molecular weight excluding hydrogens is 266 g/mol. The molecule has 0 aromatic carbocycles. The van der Waals surface area contributed by atoms with Gasteiger partial charge in [0.05, 0.1) is 16.2 Å². The van der Waals surface area contributed by atoms with Gasteiger partial charge in [0.15, 0.2) is 0 Å². The summed E-state index contributed by atoms with van der Waals surface area (Å²) in [5, 5.41) is 22.1. The molecule has 0 saturated carbocycles. The normalized spacial score (nSPS) is 13.3. The third-order valence-corrected chi connectivity index (χ3v) is 3.10. The fourth-order valence-corrected chi connectivity index (χ4v) is 1.46. The molecule has 0 radical (unpaired) electrons. The van der Waals surface area contributed by atoms with Crippen molar-refractivity contribution in [1.82, 2.24) is 10.3 Å². The van der Waals surface area contributed by atoms with Gasteiger partial charge in [0.1, 0.15) is 11.7 Å². The molecule has 0 spiro atoms. The Morgan fingerprint density at radius 3 is 2.60 bits per heavy atom. The summed E-state index contributed by atoms with van der Waals surface area (Å²) in [6.45, 7) is 4.50. The highest BCUT2D eigenvalue weighted by atomic mass is 16.6. The summed E-state index contributed by atoms with van der Waals surface area (Å²) >= 11 is 0. The van der Waals surface area contributed by atoms with E-state index in [1.165, 1.54) is 13.8 Å². The molecule has 8 heteroatoms. The lowest BCUT2D eigenvalue weighted by atomic mass is 9.98.